The summed E-state index contributed by atoms with van der Waals surface area (Å²) in [5, 5.41) is 3.70. The topological polar surface area (TPSA) is 86.8 Å². The first-order valence-electron chi connectivity index (χ1n) is 14.9. The van der Waals surface area contributed by atoms with Gasteiger partial charge in [-0.3, -0.25) is 13.9 Å². The van der Waals surface area contributed by atoms with Crippen molar-refractivity contribution < 1.29 is 18.0 Å². The summed E-state index contributed by atoms with van der Waals surface area (Å²) in [5.41, 5.74) is 2.58. The minimum absolute atomic E-state index is 0.0411. The number of carbonyl (C=O) groups excluding carboxylic acids is 2. The molecular weight excluding hydrogens is 629 g/mol. The summed E-state index contributed by atoms with van der Waals surface area (Å²) in [4.78, 5) is 29.8. The Morgan fingerprint density at radius 2 is 1.47 bits per heavy atom. The Kier molecular flexibility index (Phi) is 12.0. The molecule has 0 aliphatic carbocycles. The maximum absolute atomic E-state index is 14.6. The number of amides is 2. The fourth-order valence-corrected chi connectivity index (χ4v) is 6.98. The van der Waals surface area contributed by atoms with Crippen molar-refractivity contribution in [3.8, 4) is 0 Å². The van der Waals surface area contributed by atoms with E-state index in [1.807, 2.05) is 56.3 Å². The average molecular weight is 667 g/mol. The lowest BCUT2D eigenvalue weighted by molar-refractivity contribution is -0.140. The third-order valence-electron chi connectivity index (χ3n) is 7.43. The molecule has 4 aromatic rings. The number of halogens is 2. The number of benzene rings is 4. The highest BCUT2D eigenvalue weighted by Gasteiger charge is 2.35. The van der Waals surface area contributed by atoms with Crippen LogP contribution in [0.15, 0.2) is 108 Å². The largest absolute Gasteiger partial charge is 0.354 e. The van der Waals surface area contributed by atoms with E-state index < -0.39 is 28.5 Å². The van der Waals surface area contributed by atoms with Crippen molar-refractivity contribution in [1.82, 2.24) is 10.2 Å². The van der Waals surface area contributed by atoms with Gasteiger partial charge in [-0.1, -0.05) is 110 Å². The van der Waals surface area contributed by atoms with E-state index in [0.29, 0.717) is 40.7 Å². The van der Waals surface area contributed by atoms with E-state index in [4.69, 9.17) is 23.2 Å². The number of anilines is 1. The van der Waals surface area contributed by atoms with Gasteiger partial charge in [0, 0.05) is 29.6 Å². The number of hydrogen-bond donors (Lipinski definition) is 1. The molecule has 0 bridgehead atoms. The summed E-state index contributed by atoms with van der Waals surface area (Å²) in [6.07, 6.45) is 1.47. The Balaban J connectivity index is 1.83. The highest BCUT2D eigenvalue weighted by atomic mass is 35.5. The quantitative estimate of drug-likeness (QED) is 0.158. The van der Waals surface area contributed by atoms with E-state index >= 15 is 0 Å². The minimum Gasteiger partial charge on any atom is -0.354 e. The van der Waals surface area contributed by atoms with Gasteiger partial charge < -0.3 is 10.2 Å². The van der Waals surface area contributed by atoms with Crippen molar-refractivity contribution in [1.29, 1.82) is 0 Å². The molecule has 0 saturated heterocycles. The smallest absolute Gasteiger partial charge is 0.264 e. The average Bonchev–Trinajstić information content (AvgIpc) is 3.05. The minimum atomic E-state index is -4.18. The van der Waals surface area contributed by atoms with Crippen molar-refractivity contribution in [3.63, 3.8) is 0 Å². The number of nitrogens with one attached hydrogen (secondary N) is 1. The molecule has 0 aromatic heterocycles. The van der Waals surface area contributed by atoms with Crippen LogP contribution in [-0.4, -0.2) is 44.3 Å². The summed E-state index contributed by atoms with van der Waals surface area (Å²) in [5.74, 6) is -0.899. The molecule has 0 aliphatic heterocycles. The van der Waals surface area contributed by atoms with Gasteiger partial charge in [0.1, 0.15) is 12.6 Å². The van der Waals surface area contributed by atoms with Crippen molar-refractivity contribution in [2.45, 2.75) is 50.6 Å². The molecule has 10 heteroatoms. The highest BCUT2D eigenvalue weighted by Crippen LogP contribution is 2.29. The molecule has 0 aliphatic rings. The highest BCUT2D eigenvalue weighted by molar-refractivity contribution is 7.92. The predicted octanol–water partition coefficient (Wildman–Crippen LogP) is 6.92. The molecule has 4 rings (SSSR count). The fraction of sp³-hybridized carbons (Fsp3) is 0.257. The van der Waals surface area contributed by atoms with Crippen LogP contribution >= 0.6 is 23.2 Å². The Labute approximate surface area is 275 Å². The van der Waals surface area contributed by atoms with E-state index in [2.05, 4.69) is 5.32 Å². The summed E-state index contributed by atoms with van der Waals surface area (Å²) >= 11 is 12.7. The molecule has 0 unspecified atom stereocenters. The Hall–Kier alpha value is -3.85. The molecule has 236 valence electrons. The normalized spacial score (nSPS) is 11.9. The molecule has 0 spiro atoms. The fourth-order valence-electron chi connectivity index (χ4n) is 5.04. The van der Waals surface area contributed by atoms with Crippen LogP contribution in [0, 0.1) is 0 Å². The first kappa shape index (κ1) is 34.0. The standard InChI is InChI=1S/C35H37Cl2N3O4S/c1-3-21-38-35(42)33(22-26-13-7-5-8-14-26)39(24-28-19-20-29(36)23-31(28)37)34(41)25-40(32-18-12-11-15-27(32)4-2)45(43,44)30-16-9-6-10-17-30/h5-20,23,33H,3-4,21-22,24-25H2,1-2H3,(H,38,42)/t33-/m0/s1. The van der Waals surface area contributed by atoms with Gasteiger partial charge in [-0.2, -0.15) is 0 Å². The van der Waals surface area contributed by atoms with Gasteiger partial charge >= 0.3 is 0 Å². The summed E-state index contributed by atoms with van der Waals surface area (Å²) < 4.78 is 29.5. The zero-order valence-corrected chi connectivity index (χ0v) is 27.7. The number of para-hydroxylation sites is 1. The van der Waals surface area contributed by atoms with Crippen LogP contribution in [0.5, 0.6) is 0 Å². The maximum atomic E-state index is 14.6. The van der Waals surface area contributed by atoms with Crippen molar-refractivity contribution in [3.05, 3.63) is 130 Å². The second-order valence-electron chi connectivity index (χ2n) is 10.6. The summed E-state index contributed by atoms with van der Waals surface area (Å²) in [6, 6.07) is 28.5. The van der Waals surface area contributed by atoms with Crippen LogP contribution in [0.25, 0.3) is 0 Å². The molecule has 0 fully saturated rings. The third kappa shape index (κ3) is 8.66. The van der Waals surface area contributed by atoms with E-state index in [9.17, 15) is 18.0 Å². The lowest BCUT2D eigenvalue weighted by Gasteiger charge is -2.34. The molecule has 1 atom stereocenters. The van der Waals surface area contributed by atoms with Gasteiger partial charge in [0.25, 0.3) is 10.0 Å². The number of carbonyl (C=O) groups is 2. The number of nitrogens with zero attached hydrogens (tertiary/aromatic N) is 2. The SMILES string of the molecule is CCCNC(=O)[C@H](Cc1ccccc1)N(Cc1ccc(Cl)cc1Cl)C(=O)CN(c1ccccc1CC)S(=O)(=O)c1ccccc1. The predicted molar refractivity (Wildman–Crippen MR) is 181 cm³/mol. The van der Waals surface area contributed by atoms with Gasteiger partial charge in [-0.25, -0.2) is 8.42 Å². The Morgan fingerprint density at radius 3 is 2.11 bits per heavy atom. The second-order valence-corrected chi connectivity index (χ2v) is 13.3. The molecule has 1 N–H and O–H groups in total. The lowest BCUT2D eigenvalue weighted by Crippen LogP contribution is -2.53. The number of rotatable bonds is 14. The number of aryl methyl sites for hydroxylation is 1. The van der Waals surface area contributed by atoms with Crippen LogP contribution in [0.2, 0.25) is 10.0 Å². The molecule has 0 heterocycles. The summed E-state index contributed by atoms with van der Waals surface area (Å²) in [7, 11) is -4.18. The van der Waals surface area contributed by atoms with Crippen LogP contribution in [0.4, 0.5) is 5.69 Å². The zero-order valence-electron chi connectivity index (χ0n) is 25.3. The van der Waals surface area contributed by atoms with Gasteiger partial charge in [-0.05, 0) is 59.9 Å². The van der Waals surface area contributed by atoms with Crippen LogP contribution in [-0.2, 0) is 39.0 Å². The van der Waals surface area contributed by atoms with Gasteiger partial charge in [0.15, 0.2) is 0 Å². The zero-order chi connectivity index (χ0) is 32.4. The third-order valence-corrected chi connectivity index (χ3v) is 9.79. The van der Waals surface area contributed by atoms with Crippen molar-refractivity contribution >= 4 is 50.7 Å². The Bertz CT molecular complexity index is 1700. The molecule has 4 aromatic carbocycles. The molecule has 45 heavy (non-hydrogen) atoms. The van der Waals surface area contributed by atoms with E-state index in [1.54, 1.807) is 48.5 Å². The first-order chi connectivity index (χ1) is 21.6. The van der Waals surface area contributed by atoms with Gasteiger partial charge in [0.05, 0.1) is 10.6 Å². The van der Waals surface area contributed by atoms with Crippen LogP contribution < -0.4 is 9.62 Å². The second kappa shape index (κ2) is 15.9. The van der Waals surface area contributed by atoms with E-state index in [0.717, 1.165) is 15.4 Å². The lowest BCUT2D eigenvalue weighted by atomic mass is 10.0. The Morgan fingerprint density at radius 1 is 0.822 bits per heavy atom. The molecule has 0 saturated carbocycles. The van der Waals surface area contributed by atoms with Gasteiger partial charge in [0.2, 0.25) is 11.8 Å². The van der Waals surface area contributed by atoms with E-state index in [-0.39, 0.29) is 23.8 Å². The maximum Gasteiger partial charge on any atom is 0.264 e. The van der Waals surface area contributed by atoms with Gasteiger partial charge in [-0.15, -0.1) is 0 Å². The number of hydrogen-bond acceptors (Lipinski definition) is 4. The monoisotopic (exact) mass is 665 g/mol. The first-order valence-corrected chi connectivity index (χ1v) is 17.1. The van der Waals surface area contributed by atoms with Crippen molar-refractivity contribution in [2.75, 3.05) is 17.4 Å². The number of sulfonamides is 1. The molecule has 7 nitrogen and oxygen atoms in total. The molecular formula is C35H37Cl2N3O4S. The van der Waals surface area contributed by atoms with Crippen LogP contribution in [0.1, 0.15) is 37.0 Å². The van der Waals surface area contributed by atoms with Crippen LogP contribution in [0.3, 0.4) is 0 Å². The summed E-state index contributed by atoms with van der Waals surface area (Å²) in [6.45, 7) is 3.72. The van der Waals surface area contributed by atoms with Crippen molar-refractivity contribution in [2.24, 2.45) is 0 Å². The molecule has 2 amide bonds. The van der Waals surface area contributed by atoms with E-state index in [1.165, 1.54) is 17.0 Å². The molecule has 0 radical (unpaired) electrons.